The molecule has 3 N–H and O–H groups in total. The summed E-state index contributed by atoms with van der Waals surface area (Å²) in [5.74, 6) is -0.0631. The number of nitrogens with one attached hydrogen (secondary N) is 1. The van der Waals surface area contributed by atoms with Crippen LogP contribution < -0.4 is 20.5 Å². The zero-order valence-electron chi connectivity index (χ0n) is 14.9. The minimum Gasteiger partial charge on any atom is -0.493 e. The molecule has 0 saturated carbocycles. The lowest BCUT2D eigenvalue weighted by Crippen LogP contribution is -2.25. The fraction of sp³-hybridized carbons (Fsp3) is 0.500. The summed E-state index contributed by atoms with van der Waals surface area (Å²) in [5.41, 5.74) is 4.95. The van der Waals surface area contributed by atoms with E-state index in [1.807, 2.05) is 0 Å². The molecule has 0 spiro atoms. The van der Waals surface area contributed by atoms with Gasteiger partial charge in [-0.15, -0.1) is 0 Å². The molecule has 0 aliphatic rings. The third-order valence-electron chi connectivity index (χ3n) is 3.38. The summed E-state index contributed by atoms with van der Waals surface area (Å²) in [7, 11) is 1.39. The standard InChI is InChI=1S/C16H23N3O7/c1-4-18-16(21)26-10(2)11-8-13(24-3)14(9-12(11)19(22)23)25-7-5-6-15(17)20/h8-10H,4-7H2,1-3H3,(H2,17,20)(H,18,21). The second-order valence-corrected chi connectivity index (χ2v) is 5.32. The Morgan fingerprint density at radius 1 is 1.35 bits per heavy atom. The monoisotopic (exact) mass is 369 g/mol. The van der Waals surface area contributed by atoms with Crippen molar-refractivity contribution in [1.82, 2.24) is 5.32 Å². The van der Waals surface area contributed by atoms with Crippen LogP contribution in [0.3, 0.4) is 0 Å². The number of nitro groups is 1. The van der Waals surface area contributed by atoms with E-state index in [1.165, 1.54) is 26.2 Å². The molecule has 10 heteroatoms. The van der Waals surface area contributed by atoms with E-state index in [4.69, 9.17) is 19.9 Å². The van der Waals surface area contributed by atoms with Gasteiger partial charge in [-0.1, -0.05) is 0 Å². The summed E-state index contributed by atoms with van der Waals surface area (Å²) in [6.45, 7) is 3.75. The zero-order chi connectivity index (χ0) is 19.7. The second-order valence-electron chi connectivity index (χ2n) is 5.32. The molecule has 26 heavy (non-hydrogen) atoms. The molecule has 0 aliphatic heterocycles. The van der Waals surface area contributed by atoms with Gasteiger partial charge in [0, 0.05) is 13.0 Å². The molecule has 0 aromatic heterocycles. The number of primary amides is 1. The maximum atomic E-state index is 11.6. The fourth-order valence-electron chi connectivity index (χ4n) is 2.16. The lowest BCUT2D eigenvalue weighted by molar-refractivity contribution is -0.386. The minimum absolute atomic E-state index is 0.139. The van der Waals surface area contributed by atoms with Crippen molar-refractivity contribution in [2.45, 2.75) is 32.8 Å². The molecule has 144 valence electrons. The largest absolute Gasteiger partial charge is 0.493 e. The number of amides is 2. The molecular weight excluding hydrogens is 346 g/mol. The predicted molar refractivity (Wildman–Crippen MR) is 92.1 cm³/mol. The van der Waals surface area contributed by atoms with Crippen molar-refractivity contribution < 1.29 is 28.7 Å². The van der Waals surface area contributed by atoms with Crippen LogP contribution in [-0.4, -0.2) is 37.2 Å². The highest BCUT2D eigenvalue weighted by atomic mass is 16.6. The number of nitro benzene ring substituents is 1. The molecule has 1 rings (SSSR count). The first-order valence-corrected chi connectivity index (χ1v) is 8.02. The number of alkyl carbamates (subject to hydrolysis) is 1. The quantitative estimate of drug-likeness (QED) is 0.365. The number of benzene rings is 1. The Labute approximate surface area is 150 Å². The summed E-state index contributed by atoms with van der Waals surface area (Å²) in [4.78, 5) is 33.1. The second kappa shape index (κ2) is 10.1. The first-order valence-electron chi connectivity index (χ1n) is 8.02. The van der Waals surface area contributed by atoms with E-state index in [0.29, 0.717) is 13.0 Å². The van der Waals surface area contributed by atoms with Gasteiger partial charge in [0.2, 0.25) is 5.91 Å². The first kappa shape index (κ1) is 21.0. The first-order chi connectivity index (χ1) is 12.3. The van der Waals surface area contributed by atoms with Crippen LogP contribution in [-0.2, 0) is 9.53 Å². The third kappa shape index (κ3) is 6.11. The van der Waals surface area contributed by atoms with E-state index in [-0.39, 0.29) is 35.8 Å². The Morgan fingerprint density at radius 3 is 2.58 bits per heavy atom. The topological polar surface area (TPSA) is 143 Å². The molecule has 0 heterocycles. The van der Waals surface area contributed by atoms with E-state index in [0.717, 1.165) is 0 Å². The lowest BCUT2D eigenvalue weighted by atomic mass is 10.1. The molecular formula is C16H23N3O7. The van der Waals surface area contributed by atoms with Crippen molar-refractivity contribution in [2.75, 3.05) is 20.3 Å². The number of rotatable bonds is 10. The molecule has 0 aliphatic carbocycles. The van der Waals surface area contributed by atoms with Gasteiger partial charge in [0.15, 0.2) is 11.5 Å². The van der Waals surface area contributed by atoms with Crippen molar-refractivity contribution in [1.29, 1.82) is 0 Å². The van der Waals surface area contributed by atoms with E-state index in [9.17, 15) is 19.7 Å². The Hall–Kier alpha value is -3.04. The molecule has 1 aromatic carbocycles. The van der Waals surface area contributed by atoms with Gasteiger partial charge in [0.05, 0.1) is 30.3 Å². The van der Waals surface area contributed by atoms with Gasteiger partial charge >= 0.3 is 6.09 Å². The van der Waals surface area contributed by atoms with Gasteiger partial charge in [-0.05, 0) is 26.3 Å². The van der Waals surface area contributed by atoms with Crippen molar-refractivity contribution >= 4 is 17.7 Å². The van der Waals surface area contributed by atoms with Gasteiger partial charge in [0.1, 0.15) is 6.10 Å². The molecule has 1 unspecified atom stereocenters. The highest BCUT2D eigenvalue weighted by Gasteiger charge is 2.25. The Morgan fingerprint density at radius 2 is 2.04 bits per heavy atom. The van der Waals surface area contributed by atoms with Gasteiger partial charge in [-0.3, -0.25) is 14.9 Å². The van der Waals surface area contributed by atoms with Gasteiger partial charge in [0.25, 0.3) is 5.69 Å². The molecule has 1 aromatic rings. The number of ether oxygens (including phenoxy) is 3. The van der Waals surface area contributed by atoms with Crippen molar-refractivity contribution in [3.63, 3.8) is 0 Å². The average molecular weight is 369 g/mol. The maximum Gasteiger partial charge on any atom is 0.407 e. The van der Waals surface area contributed by atoms with Crippen LogP contribution in [0.5, 0.6) is 11.5 Å². The highest BCUT2D eigenvalue weighted by Crippen LogP contribution is 2.38. The van der Waals surface area contributed by atoms with Gasteiger partial charge in [-0.25, -0.2) is 4.79 Å². The molecule has 0 bridgehead atoms. The van der Waals surface area contributed by atoms with Crippen LogP contribution >= 0.6 is 0 Å². The van der Waals surface area contributed by atoms with Gasteiger partial charge < -0.3 is 25.3 Å². The van der Waals surface area contributed by atoms with Crippen molar-refractivity contribution in [3.8, 4) is 11.5 Å². The van der Waals surface area contributed by atoms with Crippen LogP contribution in [0.2, 0.25) is 0 Å². The summed E-state index contributed by atoms with van der Waals surface area (Å²) >= 11 is 0. The van der Waals surface area contributed by atoms with E-state index >= 15 is 0 Å². The molecule has 10 nitrogen and oxygen atoms in total. The van der Waals surface area contributed by atoms with E-state index in [2.05, 4.69) is 5.32 Å². The predicted octanol–water partition coefficient (Wildman–Crippen LogP) is 2.05. The van der Waals surface area contributed by atoms with Crippen LogP contribution in [0, 0.1) is 10.1 Å². The van der Waals surface area contributed by atoms with Crippen molar-refractivity contribution in [3.05, 3.63) is 27.8 Å². The minimum atomic E-state index is -0.875. The van der Waals surface area contributed by atoms with Crippen LogP contribution in [0.15, 0.2) is 12.1 Å². The molecule has 0 saturated heterocycles. The number of carbonyl (C=O) groups is 2. The number of carbonyl (C=O) groups excluding carboxylic acids is 2. The Balaban J connectivity index is 3.06. The number of methoxy groups -OCH3 is 1. The molecule has 0 radical (unpaired) electrons. The summed E-state index contributed by atoms with van der Waals surface area (Å²) in [6, 6.07) is 2.60. The van der Waals surface area contributed by atoms with Gasteiger partial charge in [-0.2, -0.15) is 0 Å². The van der Waals surface area contributed by atoms with Crippen molar-refractivity contribution in [2.24, 2.45) is 5.73 Å². The normalized spacial score (nSPS) is 11.3. The summed E-state index contributed by atoms with van der Waals surface area (Å²) in [6.07, 6.45) is -1.05. The van der Waals surface area contributed by atoms with E-state index in [1.54, 1.807) is 6.92 Å². The number of hydrogen-bond donors (Lipinski definition) is 2. The average Bonchev–Trinajstić information content (AvgIpc) is 2.57. The molecule has 1 atom stereocenters. The summed E-state index contributed by atoms with van der Waals surface area (Å²) < 4.78 is 15.8. The lowest BCUT2D eigenvalue weighted by Gasteiger charge is -2.17. The molecule has 2 amide bonds. The maximum absolute atomic E-state index is 11.6. The highest BCUT2D eigenvalue weighted by molar-refractivity contribution is 5.73. The SMILES string of the molecule is CCNC(=O)OC(C)c1cc(OC)c(OCCCC(N)=O)cc1[N+](=O)[O-]. The summed E-state index contributed by atoms with van der Waals surface area (Å²) in [5, 5.41) is 13.9. The van der Waals surface area contributed by atoms with Crippen LogP contribution in [0.4, 0.5) is 10.5 Å². The van der Waals surface area contributed by atoms with Crippen LogP contribution in [0.25, 0.3) is 0 Å². The fourth-order valence-corrected chi connectivity index (χ4v) is 2.16. The number of hydrogen-bond acceptors (Lipinski definition) is 7. The Bertz CT molecular complexity index is 663. The molecule has 0 fully saturated rings. The zero-order valence-corrected chi connectivity index (χ0v) is 14.9. The number of nitrogens with zero attached hydrogens (tertiary/aromatic N) is 1. The third-order valence-corrected chi connectivity index (χ3v) is 3.38. The van der Waals surface area contributed by atoms with E-state index < -0.39 is 23.0 Å². The smallest absolute Gasteiger partial charge is 0.407 e. The van der Waals surface area contributed by atoms with Crippen LogP contribution in [0.1, 0.15) is 38.4 Å². The Kier molecular flexibility index (Phi) is 8.13. The number of nitrogens with two attached hydrogens (primary N) is 1.